The van der Waals surface area contributed by atoms with Crippen LogP contribution in [0.3, 0.4) is 0 Å². The van der Waals surface area contributed by atoms with Gasteiger partial charge in [-0.2, -0.15) is 0 Å². The lowest BCUT2D eigenvalue weighted by Crippen LogP contribution is -2.45. The van der Waals surface area contributed by atoms with Crippen molar-refractivity contribution in [3.63, 3.8) is 0 Å². The molecule has 7 heteroatoms. The number of likely N-dealkylation sites (tertiary alicyclic amines) is 1. The summed E-state index contributed by atoms with van der Waals surface area (Å²) in [6.07, 6.45) is 2.42. The van der Waals surface area contributed by atoms with E-state index in [0.717, 1.165) is 32.4 Å². The van der Waals surface area contributed by atoms with E-state index in [1.54, 1.807) is 11.3 Å². The molecule has 2 aliphatic rings. The smallest absolute Gasteiger partial charge is 0.225 e. The quantitative estimate of drug-likeness (QED) is 0.812. The maximum Gasteiger partial charge on any atom is 0.225 e. The Kier molecular flexibility index (Phi) is 5.32. The molecule has 0 bridgehead atoms. The Morgan fingerprint density at radius 1 is 1.33 bits per heavy atom. The van der Waals surface area contributed by atoms with Gasteiger partial charge in [0.15, 0.2) is 9.84 Å². The zero-order valence-electron chi connectivity index (χ0n) is 14.4. The van der Waals surface area contributed by atoms with Crippen LogP contribution < -0.4 is 0 Å². The van der Waals surface area contributed by atoms with Gasteiger partial charge >= 0.3 is 0 Å². The molecule has 0 saturated carbocycles. The van der Waals surface area contributed by atoms with Crippen molar-refractivity contribution in [2.24, 2.45) is 5.92 Å². The van der Waals surface area contributed by atoms with Gasteiger partial charge < -0.3 is 4.90 Å². The third-order valence-corrected chi connectivity index (χ3v) is 8.09. The third kappa shape index (κ3) is 4.00. The Balaban J connectivity index is 1.51. The van der Waals surface area contributed by atoms with E-state index in [0.29, 0.717) is 18.1 Å². The number of aryl methyl sites for hydroxylation is 1. The van der Waals surface area contributed by atoms with Crippen LogP contribution in [0, 0.1) is 12.8 Å². The first-order valence-corrected chi connectivity index (χ1v) is 11.3. The standard InChI is InChI=1S/C17H26N2O3S2/c1-13-5-9-23-16(13)11-18(2)17(20)14-3-7-19(8-4-14)15-6-10-24(21,22)12-15/h5,9,14-15H,3-4,6-8,10-12H2,1-2H3/t15-/m1/s1. The van der Waals surface area contributed by atoms with Crippen LogP contribution in [0.25, 0.3) is 0 Å². The maximum atomic E-state index is 12.7. The number of carbonyl (C=O) groups excluding carboxylic acids is 1. The number of amides is 1. The van der Waals surface area contributed by atoms with Crippen molar-refractivity contribution in [2.45, 2.75) is 38.8 Å². The molecule has 1 aromatic heterocycles. The fourth-order valence-corrected chi connectivity index (χ4v) is 6.47. The monoisotopic (exact) mass is 370 g/mol. The van der Waals surface area contributed by atoms with Gasteiger partial charge in [0.05, 0.1) is 18.1 Å². The molecule has 1 amide bonds. The molecule has 134 valence electrons. The Morgan fingerprint density at radius 3 is 2.58 bits per heavy atom. The molecule has 1 atom stereocenters. The number of nitrogens with zero attached hydrogens (tertiary/aromatic N) is 2. The summed E-state index contributed by atoms with van der Waals surface area (Å²) in [7, 11) is -0.951. The highest BCUT2D eigenvalue weighted by molar-refractivity contribution is 7.91. The highest BCUT2D eigenvalue weighted by Gasteiger charge is 2.35. The van der Waals surface area contributed by atoms with Crippen LogP contribution in [0.4, 0.5) is 0 Å². The second kappa shape index (κ2) is 7.14. The SMILES string of the molecule is Cc1ccsc1CN(C)C(=O)C1CCN([C@@H]2CCS(=O)(=O)C2)CC1. The summed E-state index contributed by atoms with van der Waals surface area (Å²) in [6.45, 7) is 4.44. The van der Waals surface area contributed by atoms with Crippen molar-refractivity contribution in [1.29, 1.82) is 0 Å². The molecule has 24 heavy (non-hydrogen) atoms. The molecule has 3 heterocycles. The van der Waals surface area contributed by atoms with E-state index in [1.807, 2.05) is 11.9 Å². The van der Waals surface area contributed by atoms with E-state index < -0.39 is 9.84 Å². The average Bonchev–Trinajstić information content (AvgIpc) is 3.12. The fourth-order valence-electron chi connectivity index (χ4n) is 3.75. The topological polar surface area (TPSA) is 57.7 Å². The molecule has 0 radical (unpaired) electrons. The fraction of sp³-hybridized carbons (Fsp3) is 0.706. The van der Waals surface area contributed by atoms with E-state index in [-0.39, 0.29) is 17.9 Å². The average molecular weight is 371 g/mol. The summed E-state index contributed by atoms with van der Waals surface area (Å²) >= 11 is 1.70. The number of hydrogen-bond donors (Lipinski definition) is 0. The van der Waals surface area contributed by atoms with Gasteiger partial charge in [-0.1, -0.05) is 0 Å². The summed E-state index contributed by atoms with van der Waals surface area (Å²) in [4.78, 5) is 18.1. The summed E-state index contributed by atoms with van der Waals surface area (Å²) in [6, 6.07) is 2.25. The number of thiophene rings is 1. The molecule has 0 unspecified atom stereocenters. The van der Waals surface area contributed by atoms with Crippen LogP contribution in [0.15, 0.2) is 11.4 Å². The Bertz CT molecular complexity index is 690. The minimum atomic E-state index is -2.84. The summed E-state index contributed by atoms with van der Waals surface area (Å²) in [5, 5.41) is 2.07. The van der Waals surface area contributed by atoms with Crippen LogP contribution in [-0.4, -0.2) is 61.8 Å². The van der Waals surface area contributed by atoms with Crippen LogP contribution in [0.1, 0.15) is 29.7 Å². The van der Waals surface area contributed by atoms with Gasteiger partial charge in [-0.25, -0.2) is 8.42 Å². The predicted octanol–water partition coefficient (Wildman–Crippen LogP) is 1.91. The molecule has 0 aliphatic carbocycles. The maximum absolute atomic E-state index is 12.7. The van der Waals surface area contributed by atoms with E-state index >= 15 is 0 Å². The number of rotatable bonds is 4. The van der Waals surface area contributed by atoms with Gasteiger partial charge in [0.25, 0.3) is 0 Å². The van der Waals surface area contributed by atoms with Gasteiger partial charge in [-0.3, -0.25) is 9.69 Å². The van der Waals surface area contributed by atoms with Crippen molar-refractivity contribution in [1.82, 2.24) is 9.80 Å². The van der Waals surface area contributed by atoms with Crippen LogP contribution in [-0.2, 0) is 21.2 Å². The number of hydrogen-bond acceptors (Lipinski definition) is 5. The minimum absolute atomic E-state index is 0.0736. The van der Waals surface area contributed by atoms with E-state index in [2.05, 4.69) is 23.3 Å². The number of piperidine rings is 1. The number of sulfone groups is 1. The summed E-state index contributed by atoms with van der Waals surface area (Å²) in [5.74, 6) is 0.911. The molecule has 1 aromatic rings. The van der Waals surface area contributed by atoms with Crippen LogP contribution >= 0.6 is 11.3 Å². The van der Waals surface area contributed by atoms with Crippen molar-refractivity contribution in [3.05, 3.63) is 21.9 Å². The highest BCUT2D eigenvalue weighted by atomic mass is 32.2. The first kappa shape index (κ1) is 17.9. The second-order valence-corrected chi connectivity index (χ2v) is 10.3. The molecule has 3 rings (SSSR count). The lowest BCUT2D eigenvalue weighted by atomic mass is 9.94. The molecule has 2 fully saturated rings. The highest BCUT2D eigenvalue weighted by Crippen LogP contribution is 2.26. The molecule has 2 aliphatic heterocycles. The molecule has 5 nitrogen and oxygen atoms in total. The molecule has 0 aromatic carbocycles. The molecular formula is C17H26N2O3S2. The zero-order chi connectivity index (χ0) is 17.3. The molecule has 2 saturated heterocycles. The lowest BCUT2D eigenvalue weighted by molar-refractivity contribution is -0.136. The molecule has 0 spiro atoms. The van der Waals surface area contributed by atoms with E-state index in [4.69, 9.17) is 0 Å². The normalized spacial score (nSPS) is 25.0. The van der Waals surface area contributed by atoms with Crippen molar-refractivity contribution >= 4 is 27.1 Å². The first-order chi connectivity index (χ1) is 11.4. The largest absolute Gasteiger partial charge is 0.340 e. The number of carbonyl (C=O) groups is 1. The van der Waals surface area contributed by atoms with Crippen molar-refractivity contribution < 1.29 is 13.2 Å². The van der Waals surface area contributed by atoms with Gasteiger partial charge in [-0.15, -0.1) is 11.3 Å². The lowest BCUT2D eigenvalue weighted by Gasteiger charge is -2.36. The molecular weight excluding hydrogens is 344 g/mol. The Labute approximate surface area is 148 Å². The third-order valence-electron chi connectivity index (χ3n) is 5.33. The Hall–Kier alpha value is -0.920. The second-order valence-electron chi connectivity index (χ2n) is 7.09. The van der Waals surface area contributed by atoms with E-state index in [9.17, 15) is 13.2 Å². The van der Waals surface area contributed by atoms with Crippen molar-refractivity contribution in [3.8, 4) is 0 Å². The van der Waals surface area contributed by atoms with Crippen molar-refractivity contribution in [2.75, 3.05) is 31.6 Å². The van der Waals surface area contributed by atoms with Gasteiger partial charge in [-0.05, 0) is 56.3 Å². The predicted molar refractivity (Wildman–Crippen MR) is 96.9 cm³/mol. The zero-order valence-corrected chi connectivity index (χ0v) is 16.0. The van der Waals surface area contributed by atoms with Crippen LogP contribution in [0.5, 0.6) is 0 Å². The van der Waals surface area contributed by atoms with Gasteiger partial charge in [0.1, 0.15) is 0 Å². The first-order valence-electron chi connectivity index (χ1n) is 8.58. The Morgan fingerprint density at radius 2 is 2.04 bits per heavy atom. The minimum Gasteiger partial charge on any atom is -0.340 e. The van der Waals surface area contributed by atoms with Gasteiger partial charge in [0.2, 0.25) is 5.91 Å². The molecule has 0 N–H and O–H groups in total. The van der Waals surface area contributed by atoms with Crippen LogP contribution in [0.2, 0.25) is 0 Å². The van der Waals surface area contributed by atoms with Gasteiger partial charge in [0, 0.05) is 23.9 Å². The summed E-state index contributed by atoms with van der Waals surface area (Å²) < 4.78 is 23.3. The van der Waals surface area contributed by atoms with E-state index in [1.165, 1.54) is 10.4 Å². The summed E-state index contributed by atoms with van der Waals surface area (Å²) in [5.41, 5.74) is 1.25.